The Labute approximate surface area is 182 Å². The summed E-state index contributed by atoms with van der Waals surface area (Å²) in [6, 6.07) is 18.5. The molecule has 1 aromatic heterocycles. The summed E-state index contributed by atoms with van der Waals surface area (Å²) in [6.45, 7) is 4.56. The first-order valence-electron chi connectivity index (χ1n) is 10.4. The van der Waals surface area contributed by atoms with Crippen LogP contribution in [-0.2, 0) is 11.3 Å². The minimum atomic E-state index is -0.211. The largest absolute Gasteiger partial charge is 0.483 e. The van der Waals surface area contributed by atoms with Crippen LogP contribution in [0.2, 0.25) is 0 Å². The Balaban J connectivity index is 1.52. The van der Waals surface area contributed by atoms with Gasteiger partial charge in [0.15, 0.2) is 6.61 Å². The number of hydrogen-bond acceptors (Lipinski definition) is 4. The number of amides is 2. The molecule has 0 saturated carbocycles. The molecule has 1 atom stereocenters. The summed E-state index contributed by atoms with van der Waals surface area (Å²) in [5.74, 6) is 0.694. The van der Waals surface area contributed by atoms with Crippen molar-refractivity contribution in [3.8, 4) is 5.75 Å². The lowest BCUT2D eigenvalue weighted by atomic mass is 9.98. The molecule has 0 aliphatic rings. The topological polar surface area (TPSA) is 80.3 Å². The molecule has 0 fully saturated rings. The van der Waals surface area contributed by atoms with Gasteiger partial charge in [-0.15, -0.1) is 0 Å². The normalized spacial score (nSPS) is 11.4. The highest BCUT2D eigenvalue weighted by Crippen LogP contribution is 2.28. The molecule has 6 heteroatoms. The second kappa shape index (κ2) is 10.9. The van der Waals surface area contributed by atoms with Gasteiger partial charge in [-0.2, -0.15) is 0 Å². The third-order valence-electron chi connectivity index (χ3n) is 5.04. The van der Waals surface area contributed by atoms with Crippen LogP contribution in [0.15, 0.2) is 73.1 Å². The molecule has 0 saturated heterocycles. The zero-order valence-electron chi connectivity index (χ0n) is 17.8. The zero-order chi connectivity index (χ0) is 22.1. The SMILES string of the molecule is CCC(C)c1ccccc1OCC(=O)NCc1cccc(NC(=O)c2ccncc2)c1. The van der Waals surface area contributed by atoms with Crippen LogP contribution in [0.5, 0.6) is 5.75 Å². The first-order valence-corrected chi connectivity index (χ1v) is 10.4. The predicted molar refractivity (Wildman–Crippen MR) is 121 cm³/mol. The lowest BCUT2D eigenvalue weighted by molar-refractivity contribution is -0.123. The van der Waals surface area contributed by atoms with E-state index in [1.54, 1.807) is 30.6 Å². The van der Waals surface area contributed by atoms with Gasteiger partial charge in [-0.25, -0.2) is 0 Å². The Morgan fingerprint density at radius 3 is 2.58 bits per heavy atom. The van der Waals surface area contributed by atoms with Crippen molar-refractivity contribution in [3.05, 3.63) is 89.7 Å². The van der Waals surface area contributed by atoms with E-state index in [9.17, 15) is 9.59 Å². The molecule has 3 rings (SSSR count). The summed E-state index contributed by atoms with van der Waals surface area (Å²) in [7, 11) is 0. The lowest BCUT2D eigenvalue weighted by Crippen LogP contribution is -2.28. The first-order chi connectivity index (χ1) is 15.1. The molecule has 2 aromatic carbocycles. The second-order valence-electron chi connectivity index (χ2n) is 7.30. The number of carbonyl (C=O) groups excluding carboxylic acids is 2. The van der Waals surface area contributed by atoms with Crippen LogP contribution < -0.4 is 15.4 Å². The number of ether oxygens (including phenoxy) is 1. The van der Waals surface area contributed by atoms with Gasteiger partial charge in [-0.05, 0) is 53.8 Å². The average molecular weight is 418 g/mol. The molecule has 0 radical (unpaired) electrons. The van der Waals surface area contributed by atoms with Gasteiger partial charge in [0, 0.05) is 30.2 Å². The highest BCUT2D eigenvalue weighted by Gasteiger charge is 2.11. The van der Waals surface area contributed by atoms with E-state index in [-0.39, 0.29) is 18.4 Å². The molecule has 0 bridgehead atoms. The Bertz CT molecular complexity index is 1020. The Morgan fingerprint density at radius 1 is 1.03 bits per heavy atom. The maximum absolute atomic E-state index is 12.3. The van der Waals surface area contributed by atoms with Crippen LogP contribution in [0.4, 0.5) is 5.69 Å². The van der Waals surface area contributed by atoms with Crippen molar-refractivity contribution in [2.45, 2.75) is 32.7 Å². The first kappa shape index (κ1) is 22.0. The van der Waals surface area contributed by atoms with Crippen LogP contribution in [0.3, 0.4) is 0 Å². The minimum Gasteiger partial charge on any atom is -0.483 e. The van der Waals surface area contributed by atoms with E-state index < -0.39 is 0 Å². The van der Waals surface area contributed by atoms with Crippen LogP contribution in [0.25, 0.3) is 0 Å². The van der Waals surface area contributed by atoms with Gasteiger partial charge < -0.3 is 15.4 Å². The third kappa shape index (κ3) is 6.40. The molecule has 160 valence electrons. The summed E-state index contributed by atoms with van der Waals surface area (Å²) < 4.78 is 5.76. The van der Waals surface area contributed by atoms with Gasteiger partial charge in [0.25, 0.3) is 11.8 Å². The molecule has 31 heavy (non-hydrogen) atoms. The minimum absolute atomic E-state index is 0.0497. The zero-order valence-corrected chi connectivity index (χ0v) is 17.8. The molecule has 0 spiro atoms. The molecule has 3 aromatic rings. The summed E-state index contributed by atoms with van der Waals surface area (Å²) >= 11 is 0. The van der Waals surface area contributed by atoms with Gasteiger partial charge in [0.2, 0.25) is 0 Å². The van der Waals surface area contributed by atoms with Crippen LogP contribution >= 0.6 is 0 Å². The molecule has 6 nitrogen and oxygen atoms in total. The number of rotatable bonds is 9. The fraction of sp³-hybridized carbons (Fsp3) is 0.240. The van der Waals surface area contributed by atoms with Crippen molar-refractivity contribution >= 4 is 17.5 Å². The molecular formula is C25H27N3O3. The number of para-hydroxylation sites is 1. The number of hydrogen-bond donors (Lipinski definition) is 2. The summed E-state index contributed by atoms with van der Waals surface area (Å²) in [6.07, 6.45) is 4.15. The quantitative estimate of drug-likeness (QED) is 0.536. The Morgan fingerprint density at radius 2 is 1.81 bits per heavy atom. The van der Waals surface area contributed by atoms with Crippen LogP contribution in [-0.4, -0.2) is 23.4 Å². The standard InChI is InChI=1S/C25H27N3O3/c1-3-18(2)22-9-4-5-10-23(22)31-17-24(29)27-16-19-7-6-8-21(15-19)28-25(30)20-11-13-26-14-12-20/h4-15,18H,3,16-17H2,1-2H3,(H,27,29)(H,28,30). The van der Waals surface area contributed by atoms with Crippen molar-refractivity contribution < 1.29 is 14.3 Å². The van der Waals surface area contributed by atoms with Crippen LogP contribution in [0, 0.1) is 0 Å². The molecule has 0 aliphatic heterocycles. The van der Waals surface area contributed by atoms with E-state index in [1.807, 2.05) is 42.5 Å². The van der Waals surface area contributed by atoms with Gasteiger partial charge in [0.05, 0.1) is 0 Å². The number of carbonyl (C=O) groups is 2. The fourth-order valence-electron chi connectivity index (χ4n) is 3.10. The monoisotopic (exact) mass is 417 g/mol. The summed E-state index contributed by atoms with van der Waals surface area (Å²) in [5.41, 5.74) is 3.17. The molecule has 1 heterocycles. The molecule has 2 amide bonds. The van der Waals surface area contributed by atoms with Crippen molar-refractivity contribution in [1.29, 1.82) is 0 Å². The molecule has 1 unspecified atom stereocenters. The number of benzene rings is 2. The summed E-state index contributed by atoms with van der Waals surface area (Å²) in [4.78, 5) is 28.5. The fourth-order valence-corrected chi connectivity index (χ4v) is 3.10. The van der Waals surface area contributed by atoms with Gasteiger partial charge in [0.1, 0.15) is 5.75 Å². The van der Waals surface area contributed by atoms with Gasteiger partial charge >= 0.3 is 0 Å². The van der Waals surface area contributed by atoms with E-state index in [1.165, 1.54) is 0 Å². The second-order valence-corrected chi connectivity index (χ2v) is 7.30. The highest BCUT2D eigenvalue weighted by atomic mass is 16.5. The van der Waals surface area contributed by atoms with E-state index in [0.717, 1.165) is 23.3 Å². The van der Waals surface area contributed by atoms with E-state index in [2.05, 4.69) is 29.5 Å². The number of nitrogens with one attached hydrogen (secondary N) is 2. The number of aromatic nitrogens is 1. The molecular weight excluding hydrogens is 390 g/mol. The summed E-state index contributed by atoms with van der Waals surface area (Å²) in [5, 5.41) is 5.71. The van der Waals surface area contributed by atoms with Crippen molar-refractivity contribution in [2.24, 2.45) is 0 Å². The highest BCUT2D eigenvalue weighted by molar-refractivity contribution is 6.04. The smallest absolute Gasteiger partial charge is 0.258 e. The number of nitrogens with zero attached hydrogens (tertiary/aromatic N) is 1. The van der Waals surface area contributed by atoms with Crippen molar-refractivity contribution in [1.82, 2.24) is 10.3 Å². The molecule has 0 aliphatic carbocycles. The van der Waals surface area contributed by atoms with Crippen molar-refractivity contribution in [3.63, 3.8) is 0 Å². The maximum atomic E-state index is 12.3. The van der Waals surface area contributed by atoms with E-state index in [0.29, 0.717) is 23.7 Å². The van der Waals surface area contributed by atoms with Crippen LogP contribution in [0.1, 0.15) is 47.7 Å². The van der Waals surface area contributed by atoms with E-state index in [4.69, 9.17) is 4.74 Å². The van der Waals surface area contributed by atoms with Crippen molar-refractivity contribution in [2.75, 3.05) is 11.9 Å². The number of anilines is 1. The predicted octanol–water partition coefficient (Wildman–Crippen LogP) is 4.54. The Kier molecular flexibility index (Phi) is 7.76. The molecule has 2 N–H and O–H groups in total. The lowest BCUT2D eigenvalue weighted by Gasteiger charge is -2.15. The van der Waals surface area contributed by atoms with Gasteiger partial charge in [-0.1, -0.05) is 44.2 Å². The van der Waals surface area contributed by atoms with E-state index >= 15 is 0 Å². The maximum Gasteiger partial charge on any atom is 0.258 e. The van der Waals surface area contributed by atoms with Gasteiger partial charge in [-0.3, -0.25) is 14.6 Å². The third-order valence-corrected chi connectivity index (χ3v) is 5.04. The average Bonchev–Trinajstić information content (AvgIpc) is 2.82. The number of pyridine rings is 1. The Hall–Kier alpha value is -3.67.